The second kappa shape index (κ2) is 2.50. The molecule has 52 valence electrons. The number of ether oxygens (including phenoxy) is 1. The van der Waals surface area contributed by atoms with Gasteiger partial charge in [-0.25, -0.2) is 0 Å². The second-order valence-electron chi connectivity index (χ2n) is 2.51. The first-order valence-corrected chi connectivity index (χ1v) is 3.19. The van der Waals surface area contributed by atoms with E-state index in [1.165, 1.54) is 0 Å². The van der Waals surface area contributed by atoms with Crippen molar-refractivity contribution < 1.29 is 9.84 Å². The normalized spacial score (nSPS) is 34.9. The lowest BCUT2D eigenvalue weighted by Gasteiger charge is -2.26. The molecule has 0 spiro atoms. The van der Waals surface area contributed by atoms with Gasteiger partial charge in [0.05, 0.1) is 13.2 Å². The summed E-state index contributed by atoms with van der Waals surface area (Å²) in [5.74, 6) is 0. The van der Waals surface area contributed by atoms with Crippen molar-refractivity contribution in [1.29, 1.82) is 0 Å². The minimum atomic E-state index is -0.405. The van der Waals surface area contributed by atoms with E-state index in [9.17, 15) is 0 Å². The highest BCUT2D eigenvalue weighted by molar-refractivity contribution is 5.02. The highest BCUT2D eigenvalue weighted by Gasteiger charge is 2.21. The van der Waals surface area contributed by atoms with Crippen LogP contribution in [0, 0.1) is 0 Å². The molecule has 0 aromatic carbocycles. The Bertz CT molecular complexity index is 120. The first-order valence-electron chi connectivity index (χ1n) is 3.19. The lowest BCUT2D eigenvalue weighted by Crippen LogP contribution is -2.32. The van der Waals surface area contributed by atoms with Gasteiger partial charge in [0, 0.05) is 0 Å². The van der Waals surface area contributed by atoms with Crippen LogP contribution in [-0.2, 0) is 4.74 Å². The fourth-order valence-electron chi connectivity index (χ4n) is 0.839. The SMILES string of the molecule is CC1(CO)C=CCCO1. The molecule has 1 aliphatic rings. The summed E-state index contributed by atoms with van der Waals surface area (Å²) in [6, 6.07) is 0. The summed E-state index contributed by atoms with van der Waals surface area (Å²) in [5.41, 5.74) is -0.405. The third-order valence-electron chi connectivity index (χ3n) is 1.50. The van der Waals surface area contributed by atoms with Crippen LogP contribution in [0.3, 0.4) is 0 Å². The number of hydrogen-bond acceptors (Lipinski definition) is 2. The van der Waals surface area contributed by atoms with Crippen LogP contribution in [0.5, 0.6) is 0 Å². The van der Waals surface area contributed by atoms with Gasteiger partial charge >= 0.3 is 0 Å². The zero-order chi connectivity index (χ0) is 6.74. The summed E-state index contributed by atoms with van der Waals surface area (Å²) in [7, 11) is 0. The smallest absolute Gasteiger partial charge is 0.106 e. The monoisotopic (exact) mass is 128 g/mol. The molecule has 0 bridgehead atoms. The van der Waals surface area contributed by atoms with E-state index in [4.69, 9.17) is 9.84 Å². The van der Waals surface area contributed by atoms with E-state index in [2.05, 4.69) is 0 Å². The van der Waals surface area contributed by atoms with Gasteiger partial charge in [-0.2, -0.15) is 0 Å². The molecule has 9 heavy (non-hydrogen) atoms. The maximum atomic E-state index is 8.77. The summed E-state index contributed by atoms with van der Waals surface area (Å²) in [4.78, 5) is 0. The number of aliphatic hydroxyl groups is 1. The molecule has 1 rings (SSSR count). The van der Waals surface area contributed by atoms with Gasteiger partial charge in [-0.05, 0) is 13.3 Å². The summed E-state index contributed by atoms with van der Waals surface area (Å²) < 4.78 is 5.28. The van der Waals surface area contributed by atoms with E-state index in [-0.39, 0.29) is 6.61 Å². The number of hydrogen-bond donors (Lipinski definition) is 1. The Balaban J connectivity index is 2.56. The van der Waals surface area contributed by atoms with E-state index < -0.39 is 5.60 Å². The Morgan fingerprint density at radius 3 is 2.89 bits per heavy atom. The van der Waals surface area contributed by atoms with Gasteiger partial charge in [-0.1, -0.05) is 12.2 Å². The van der Waals surface area contributed by atoms with Crippen LogP contribution in [0.2, 0.25) is 0 Å². The Morgan fingerprint density at radius 2 is 2.56 bits per heavy atom. The van der Waals surface area contributed by atoms with Crippen LogP contribution in [0.4, 0.5) is 0 Å². The number of aliphatic hydroxyl groups excluding tert-OH is 1. The molecule has 0 saturated heterocycles. The van der Waals surface area contributed by atoms with Crippen molar-refractivity contribution in [1.82, 2.24) is 0 Å². The molecule has 1 heterocycles. The Labute approximate surface area is 55.1 Å². The molecule has 2 heteroatoms. The summed E-state index contributed by atoms with van der Waals surface area (Å²) in [5, 5.41) is 8.77. The molecule has 0 saturated carbocycles. The minimum Gasteiger partial charge on any atom is -0.393 e. The van der Waals surface area contributed by atoms with Gasteiger partial charge < -0.3 is 9.84 Å². The van der Waals surface area contributed by atoms with Crippen LogP contribution in [-0.4, -0.2) is 23.9 Å². The van der Waals surface area contributed by atoms with E-state index in [1.54, 1.807) is 0 Å². The van der Waals surface area contributed by atoms with E-state index in [0.29, 0.717) is 0 Å². The summed E-state index contributed by atoms with van der Waals surface area (Å²) in [6.45, 7) is 2.68. The van der Waals surface area contributed by atoms with Crippen molar-refractivity contribution in [3.05, 3.63) is 12.2 Å². The minimum absolute atomic E-state index is 0.0729. The fourth-order valence-corrected chi connectivity index (χ4v) is 0.839. The van der Waals surface area contributed by atoms with Crippen molar-refractivity contribution in [3.63, 3.8) is 0 Å². The van der Waals surface area contributed by atoms with Crippen LogP contribution in [0.1, 0.15) is 13.3 Å². The third-order valence-corrected chi connectivity index (χ3v) is 1.50. The van der Waals surface area contributed by atoms with Gasteiger partial charge in [-0.15, -0.1) is 0 Å². The fraction of sp³-hybridized carbons (Fsp3) is 0.714. The zero-order valence-corrected chi connectivity index (χ0v) is 5.63. The van der Waals surface area contributed by atoms with Gasteiger partial charge in [0.2, 0.25) is 0 Å². The molecular formula is C7H12O2. The van der Waals surface area contributed by atoms with Gasteiger partial charge in [0.25, 0.3) is 0 Å². The molecule has 0 aliphatic carbocycles. The van der Waals surface area contributed by atoms with Crippen molar-refractivity contribution in [2.24, 2.45) is 0 Å². The molecule has 0 aromatic rings. The first-order chi connectivity index (χ1) is 4.27. The maximum absolute atomic E-state index is 8.77. The van der Waals surface area contributed by atoms with Crippen molar-refractivity contribution in [3.8, 4) is 0 Å². The Kier molecular flexibility index (Phi) is 1.88. The molecule has 1 aliphatic heterocycles. The molecular weight excluding hydrogens is 116 g/mol. The predicted octanol–water partition coefficient (Wildman–Crippen LogP) is 0.714. The second-order valence-corrected chi connectivity index (χ2v) is 2.51. The molecule has 1 N–H and O–H groups in total. The van der Waals surface area contributed by atoms with Crippen molar-refractivity contribution >= 4 is 0 Å². The summed E-state index contributed by atoms with van der Waals surface area (Å²) in [6.07, 6.45) is 4.92. The van der Waals surface area contributed by atoms with Crippen LogP contribution in [0.15, 0.2) is 12.2 Å². The van der Waals surface area contributed by atoms with Crippen LogP contribution >= 0.6 is 0 Å². The van der Waals surface area contributed by atoms with Crippen LogP contribution < -0.4 is 0 Å². The quantitative estimate of drug-likeness (QED) is 0.527. The van der Waals surface area contributed by atoms with Crippen molar-refractivity contribution in [2.45, 2.75) is 18.9 Å². The highest BCUT2D eigenvalue weighted by atomic mass is 16.5. The number of rotatable bonds is 1. The molecule has 0 aromatic heterocycles. The van der Waals surface area contributed by atoms with Gasteiger partial charge in [0.15, 0.2) is 0 Å². The lowest BCUT2D eigenvalue weighted by molar-refractivity contribution is -0.0371. The van der Waals surface area contributed by atoms with Gasteiger partial charge in [-0.3, -0.25) is 0 Å². The van der Waals surface area contributed by atoms with E-state index >= 15 is 0 Å². The molecule has 1 atom stereocenters. The molecule has 0 fully saturated rings. The molecule has 0 amide bonds. The zero-order valence-electron chi connectivity index (χ0n) is 5.63. The maximum Gasteiger partial charge on any atom is 0.106 e. The standard InChI is InChI=1S/C7H12O2/c1-7(6-8)4-2-3-5-9-7/h2,4,8H,3,5-6H2,1H3. The highest BCUT2D eigenvalue weighted by Crippen LogP contribution is 2.16. The molecule has 1 unspecified atom stereocenters. The predicted molar refractivity (Wildman–Crippen MR) is 35.2 cm³/mol. The largest absolute Gasteiger partial charge is 0.393 e. The van der Waals surface area contributed by atoms with E-state index in [1.807, 2.05) is 19.1 Å². The lowest BCUT2D eigenvalue weighted by atomic mass is 10.1. The Morgan fingerprint density at radius 1 is 1.78 bits per heavy atom. The van der Waals surface area contributed by atoms with Crippen molar-refractivity contribution in [2.75, 3.05) is 13.2 Å². The van der Waals surface area contributed by atoms with E-state index in [0.717, 1.165) is 13.0 Å². The third kappa shape index (κ3) is 1.53. The summed E-state index contributed by atoms with van der Waals surface area (Å²) >= 11 is 0. The Hall–Kier alpha value is -0.340. The average molecular weight is 128 g/mol. The average Bonchev–Trinajstić information content (AvgIpc) is 1.90. The first kappa shape index (κ1) is 6.78. The van der Waals surface area contributed by atoms with Crippen LogP contribution in [0.25, 0.3) is 0 Å². The molecule has 0 radical (unpaired) electrons. The topological polar surface area (TPSA) is 29.5 Å². The molecule has 2 nitrogen and oxygen atoms in total. The van der Waals surface area contributed by atoms with Gasteiger partial charge in [0.1, 0.15) is 5.60 Å².